The molecule has 0 bridgehead atoms. The van der Waals surface area contributed by atoms with Crippen molar-refractivity contribution in [3.8, 4) is 0 Å². The third-order valence-electron chi connectivity index (χ3n) is 4.00. The normalized spacial score (nSPS) is 17.3. The van der Waals surface area contributed by atoms with Gasteiger partial charge in [-0.1, -0.05) is 19.3 Å². The summed E-state index contributed by atoms with van der Waals surface area (Å²) < 4.78 is 0. The van der Waals surface area contributed by atoms with Crippen LogP contribution in [-0.2, 0) is 0 Å². The predicted molar refractivity (Wildman–Crippen MR) is 83.3 cm³/mol. The standard InChI is InChI=1S/C16H25N3O2/c1-12-10-17-9-8-15(12)18-16(21)19(11-13(2)20)14-6-4-3-5-7-14/h8-10,13-14,20H,3-7,11H2,1-2H3,(H,17,18,21)/t13-/m0/s1. The van der Waals surface area contributed by atoms with E-state index in [1.165, 1.54) is 6.42 Å². The summed E-state index contributed by atoms with van der Waals surface area (Å²) in [6.07, 6.45) is 8.48. The zero-order valence-corrected chi connectivity index (χ0v) is 12.9. The first-order valence-electron chi connectivity index (χ1n) is 7.74. The maximum Gasteiger partial charge on any atom is 0.322 e. The molecule has 2 rings (SSSR count). The van der Waals surface area contributed by atoms with Gasteiger partial charge in [-0.3, -0.25) is 4.98 Å². The van der Waals surface area contributed by atoms with Gasteiger partial charge in [-0.2, -0.15) is 0 Å². The van der Waals surface area contributed by atoms with Gasteiger partial charge in [-0.05, 0) is 38.3 Å². The first-order valence-corrected chi connectivity index (χ1v) is 7.74. The first kappa shape index (κ1) is 15.8. The average Bonchev–Trinajstić information content (AvgIpc) is 2.48. The molecule has 2 N–H and O–H groups in total. The van der Waals surface area contributed by atoms with E-state index in [0.717, 1.165) is 36.9 Å². The second-order valence-corrected chi connectivity index (χ2v) is 5.91. The number of anilines is 1. The largest absolute Gasteiger partial charge is 0.392 e. The van der Waals surface area contributed by atoms with E-state index in [4.69, 9.17) is 0 Å². The van der Waals surface area contributed by atoms with E-state index in [1.54, 1.807) is 30.3 Å². The van der Waals surface area contributed by atoms with Crippen molar-refractivity contribution in [2.45, 2.75) is 58.1 Å². The number of urea groups is 1. The van der Waals surface area contributed by atoms with Crippen molar-refractivity contribution in [3.63, 3.8) is 0 Å². The van der Waals surface area contributed by atoms with Crippen molar-refractivity contribution in [1.82, 2.24) is 9.88 Å². The van der Waals surface area contributed by atoms with Gasteiger partial charge in [-0.25, -0.2) is 4.79 Å². The molecule has 1 saturated carbocycles. The van der Waals surface area contributed by atoms with Crippen molar-refractivity contribution in [3.05, 3.63) is 24.0 Å². The van der Waals surface area contributed by atoms with Gasteiger partial charge in [0.05, 0.1) is 6.10 Å². The van der Waals surface area contributed by atoms with Crippen LogP contribution in [0.15, 0.2) is 18.5 Å². The summed E-state index contributed by atoms with van der Waals surface area (Å²) in [5.41, 5.74) is 1.72. The van der Waals surface area contributed by atoms with Gasteiger partial charge in [0.15, 0.2) is 0 Å². The van der Waals surface area contributed by atoms with E-state index < -0.39 is 6.10 Å². The van der Waals surface area contributed by atoms with Crippen LogP contribution in [-0.4, -0.2) is 39.7 Å². The second kappa shape index (κ2) is 7.41. The van der Waals surface area contributed by atoms with E-state index in [-0.39, 0.29) is 12.1 Å². The topological polar surface area (TPSA) is 65.5 Å². The van der Waals surface area contributed by atoms with Crippen molar-refractivity contribution in [1.29, 1.82) is 0 Å². The molecule has 0 spiro atoms. The van der Waals surface area contributed by atoms with E-state index in [1.807, 2.05) is 6.92 Å². The molecule has 0 aromatic carbocycles. The quantitative estimate of drug-likeness (QED) is 0.896. The minimum atomic E-state index is -0.517. The fraction of sp³-hybridized carbons (Fsp3) is 0.625. The van der Waals surface area contributed by atoms with Crippen LogP contribution in [0.3, 0.4) is 0 Å². The summed E-state index contributed by atoms with van der Waals surface area (Å²) in [5, 5.41) is 12.6. The van der Waals surface area contributed by atoms with E-state index in [9.17, 15) is 9.90 Å². The Bertz CT molecular complexity index is 470. The lowest BCUT2D eigenvalue weighted by atomic mass is 9.94. The molecular weight excluding hydrogens is 266 g/mol. The summed E-state index contributed by atoms with van der Waals surface area (Å²) in [6, 6.07) is 1.90. The third kappa shape index (κ3) is 4.43. The highest BCUT2D eigenvalue weighted by Crippen LogP contribution is 2.24. The van der Waals surface area contributed by atoms with Crippen LogP contribution in [0.25, 0.3) is 0 Å². The molecule has 0 unspecified atom stereocenters. The molecule has 1 fully saturated rings. The number of aromatic nitrogens is 1. The number of amides is 2. The minimum absolute atomic E-state index is 0.128. The van der Waals surface area contributed by atoms with Crippen molar-refractivity contribution in [2.75, 3.05) is 11.9 Å². The number of nitrogens with one attached hydrogen (secondary N) is 1. The van der Waals surface area contributed by atoms with E-state index >= 15 is 0 Å². The van der Waals surface area contributed by atoms with Gasteiger partial charge < -0.3 is 15.3 Å². The van der Waals surface area contributed by atoms with Gasteiger partial charge in [0.2, 0.25) is 0 Å². The highest BCUT2D eigenvalue weighted by atomic mass is 16.3. The molecule has 5 heteroatoms. The first-order chi connectivity index (χ1) is 10.1. The van der Waals surface area contributed by atoms with Crippen LogP contribution in [0.4, 0.5) is 10.5 Å². The Morgan fingerprint density at radius 2 is 2.19 bits per heavy atom. The Morgan fingerprint density at radius 1 is 1.48 bits per heavy atom. The molecule has 0 radical (unpaired) electrons. The Hall–Kier alpha value is -1.62. The lowest BCUT2D eigenvalue weighted by molar-refractivity contribution is 0.105. The number of carbonyl (C=O) groups excluding carboxylic acids is 1. The number of nitrogens with zero attached hydrogens (tertiary/aromatic N) is 2. The molecular formula is C16H25N3O2. The monoisotopic (exact) mass is 291 g/mol. The number of hydrogen-bond donors (Lipinski definition) is 2. The highest BCUT2D eigenvalue weighted by molar-refractivity contribution is 5.90. The molecule has 1 aromatic heterocycles. The number of aliphatic hydroxyl groups is 1. The lowest BCUT2D eigenvalue weighted by Crippen LogP contribution is -2.47. The van der Waals surface area contributed by atoms with E-state index in [2.05, 4.69) is 10.3 Å². The Morgan fingerprint density at radius 3 is 2.81 bits per heavy atom. The molecule has 116 valence electrons. The van der Waals surface area contributed by atoms with Gasteiger partial charge in [0.25, 0.3) is 0 Å². The maximum absolute atomic E-state index is 12.6. The molecule has 1 aliphatic carbocycles. The lowest BCUT2D eigenvalue weighted by Gasteiger charge is -2.35. The predicted octanol–water partition coefficient (Wildman–Crippen LogP) is 2.94. The van der Waals surface area contributed by atoms with Crippen LogP contribution in [0, 0.1) is 6.92 Å². The molecule has 0 aliphatic heterocycles. The SMILES string of the molecule is Cc1cnccc1NC(=O)N(C[C@H](C)O)C1CCCCC1. The molecule has 2 amide bonds. The average molecular weight is 291 g/mol. The number of pyridine rings is 1. The summed E-state index contributed by atoms with van der Waals surface area (Å²) in [6.45, 7) is 4.02. The zero-order chi connectivity index (χ0) is 15.2. The highest BCUT2D eigenvalue weighted by Gasteiger charge is 2.26. The second-order valence-electron chi connectivity index (χ2n) is 5.91. The van der Waals surface area contributed by atoms with Gasteiger partial charge in [-0.15, -0.1) is 0 Å². The van der Waals surface area contributed by atoms with Crippen molar-refractivity contribution >= 4 is 11.7 Å². The molecule has 1 atom stereocenters. The number of aliphatic hydroxyl groups excluding tert-OH is 1. The third-order valence-corrected chi connectivity index (χ3v) is 4.00. The summed E-state index contributed by atoms with van der Waals surface area (Å²) in [7, 11) is 0. The Kier molecular flexibility index (Phi) is 5.56. The van der Waals surface area contributed by atoms with Crippen LogP contribution in [0.2, 0.25) is 0 Å². The maximum atomic E-state index is 12.6. The Balaban J connectivity index is 2.08. The number of carbonyl (C=O) groups is 1. The molecule has 21 heavy (non-hydrogen) atoms. The van der Waals surface area contributed by atoms with Crippen LogP contribution in [0.1, 0.15) is 44.6 Å². The smallest absolute Gasteiger partial charge is 0.322 e. The zero-order valence-electron chi connectivity index (χ0n) is 12.9. The molecule has 1 aromatic rings. The minimum Gasteiger partial charge on any atom is -0.392 e. The van der Waals surface area contributed by atoms with Crippen LogP contribution < -0.4 is 5.32 Å². The molecule has 5 nitrogen and oxygen atoms in total. The molecule has 1 heterocycles. The summed E-state index contributed by atoms with van der Waals surface area (Å²) >= 11 is 0. The molecule has 0 saturated heterocycles. The number of hydrogen-bond acceptors (Lipinski definition) is 3. The fourth-order valence-corrected chi connectivity index (χ4v) is 2.88. The van der Waals surface area contributed by atoms with Crippen molar-refractivity contribution < 1.29 is 9.90 Å². The van der Waals surface area contributed by atoms with Gasteiger partial charge >= 0.3 is 6.03 Å². The van der Waals surface area contributed by atoms with Crippen LogP contribution >= 0.6 is 0 Å². The number of aryl methyl sites for hydroxylation is 1. The Labute approximate surface area is 126 Å². The molecule has 1 aliphatic rings. The van der Waals surface area contributed by atoms with Gasteiger partial charge in [0.1, 0.15) is 0 Å². The summed E-state index contributed by atoms with van der Waals surface area (Å²) in [4.78, 5) is 18.4. The van der Waals surface area contributed by atoms with Crippen LogP contribution in [0.5, 0.6) is 0 Å². The van der Waals surface area contributed by atoms with E-state index in [0.29, 0.717) is 6.54 Å². The van der Waals surface area contributed by atoms with Crippen molar-refractivity contribution in [2.24, 2.45) is 0 Å². The fourth-order valence-electron chi connectivity index (χ4n) is 2.88. The van der Waals surface area contributed by atoms with Gasteiger partial charge in [0, 0.05) is 30.7 Å². The number of rotatable bonds is 4. The summed E-state index contributed by atoms with van der Waals surface area (Å²) in [5.74, 6) is 0.